The normalized spacial score (nSPS) is 15.8. The molecule has 1 aliphatic rings. The van der Waals surface area contributed by atoms with E-state index in [0.717, 1.165) is 18.4 Å². The molecule has 18 heavy (non-hydrogen) atoms. The van der Waals surface area contributed by atoms with Gasteiger partial charge in [0.1, 0.15) is 6.04 Å². The molecule has 1 atom stereocenters. The molecule has 0 aliphatic heterocycles. The Morgan fingerprint density at radius 2 is 2.00 bits per heavy atom. The molecule has 96 valence electrons. The van der Waals surface area contributed by atoms with Crippen molar-refractivity contribution in [3.8, 4) is 0 Å². The lowest BCUT2D eigenvalue weighted by Crippen LogP contribution is -2.43. The van der Waals surface area contributed by atoms with Crippen LogP contribution in [0.5, 0.6) is 0 Å². The highest BCUT2D eigenvalue weighted by Gasteiger charge is 2.32. The molecule has 0 saturated heterocycles. The first-order valence-electron chi connectivity index (χ1n) is 6.13. The summed E-state index contributed by atoms with van der Waals surface area (Å²) >= 11 is 0. The molecule has 1 fully saturated rings. The average molecular weight is 247 g/mol. The molecule has 0 radical (unpaired) electrons. The molecule has 1 amide bonds. The summed E-state index contributed by atoms with van der Waals surface area (Å²) in [5, 5.41) is 2.76. The monoisotopic (exact) mass is 247 g/mol. The molecule has 4 heteroatoms. The van der Waals surface area contributed by atoms with E-state index in [4.69, 9.17) is 4.74 Å². The number of carbonyl (C=O) groups is 2. The van der Waals surface area contributed by atoms with Crippen LogP contribution in [0.25, 0.3) is 0 Å². The zero-order valence-corrected chi connectivity index (χ0v) is 10.4. The van der Waals surface area contributed by atoms with Gasteiger partial charge in [-0.2, -0.15) is 0 Å². The fraction of sp³-hybridized carbons (Fsp3) is 0.429. The molecule has 0 aromatic heterocycles. The molecule has 4 nitrogen and oxygen atoms in total. The van der Waals surface area contributed by atoms with Crippen molar-refractivity contribution < 1.29 is 14.3 Å². The van der Waals surface area contributed by atoms with Crippen molar-refractivity contribution in [2.24, 2.45) is 5.92 Å². The Labute approximate surface area is 106 Å². The maximum Gasteiger partial charge on any atom is 0.328 e. The Bertz CT molecular complexity index is 426. The number of hydrogen-bond acceptors (Lipinski definition) is 3. The fourth-order valence-corrected chi connectivity index (χ4v) is 1.82. The van der Waals surface area contributed by atoms with Gasteiger partial charge < -0.3 is 10.1 Å². The lowest BCUT2D eigenvalue weighted by atomic mass is 10.1. The van der Waals surface area contributed by atoms with E-state index in [1.54, 1.807) is 0 Å². The van der Waals surface area contributed by atoms with E-state index in [0.29, 0.717) is 6.42 Å². The number of ether oxygens (including phenoxy) is 1. The predicted molar refractivity (Wildman–Crippen MR) is 66.8 cm³/mol. The maximum atomic E-state index is 11.7. The third-order valence-corrected chi connectivity index (χ3v) is 3.03. The molecule has 0 heterocycles. The molecule has 1 aromatic rings. The van der Waals surface area contributed by atoms with Crippen molar-refractivity contribution in [3.05, 3.63) is 35.9 Å². The second-order valence-corrected chi connectivity index (χ2v) is 4.55. The van der Waals surface area contributed by atoms with E-state index in [9.17, 15) is 9.59 Å². The van der Waals surface area contributed by atoms with E-state index in [1.165, 1.54) is 7.11 Å². The van der Waals surface area contributed by atoms with Gasteiger partial charge in [-0.1, -0.05) is 30.3 Å². The van der Waals surface area contributed by atoms with Crippen LogP contribution in [0.4, 0.5) is 0 Å². The number of benzene rings is 1. The van der Waals surface area contributed by atoms with Crippen LogP contribution >= 0.6 is 0 Å². The van der Waals surface area contributed by atoms with E-state index < -0.39 is 12.0 Å². The minimum absolute atomic E-state index is 0.0404. The van der Waals surface area contributed by atoms with Gasteiger partial charge in [-0.05, 0) is 18.4 Å². The van der Waals surface area contributed by atoms with Crippen molar-refractivity contribution in [3.63, 3.8) is 0 Å². The summed E-state index contributed by atoms with van der Waals surface area (Å²) in [6.07, 6.45) is 2.31. The molecule has 1 N–H and O–H groups in total. The number of hydrogen-bond donors (Lipinski definition) is 1. The van der Waals surface area contributed by atoms with E-state index in [-0.39, 0.29) is 11.8 Å². The van der Waals surface area contributed by atoms with Crippen LogP contribution in [0.2, 0.25) is 0 Å². The van der Waals surface area contributed by atoms with Crippen molar-refractivity contribution in [2.75, 3.05) is 7.11 Å². The lowest BCUT2D eigenvalue weighted by molar-refractivity contribution is -0.145. The SMILES string of the molecule is COC(=O)C(Cc1ccccc1)NC(=O)C1CC1. The third kappa shape index (κ3) is 3.32. The van der Waals surface area contributed by atoms with Crippen LogP contribution in [-0.4, -0.2) is 25.0 Å². The molecule has 0 spiro atoms. The lowest BCUT2D eigenvalue weighted by Gasteiger charge is -2.16. The molecule has 1 aliphatic carbocycles. The van der Waals surface area contributed by atoms with Gasteiger partial charge in [-0.25, -0.2) is 4.79 Å². The first-order valence-corrected chi connectivity index (χ1v) is 6.13. The first kappa shape index (κ1) is 12.6. The van der Waals surface area contributed by atoms with E-state index in [2.05, 4.69) is 5.32 Å². The van der Waals surface area contributed by atoms with Gasteiger partial charge in [0, 0.05) is 12.3 Å². The second kappa shape index (κ2) is 5.67. The highest BCUT2D eigenvalue weighted by molar-refractivity contribution is 5.87. The summed E-state index contributed by atoms with van der Waals surface area (Å²) in [4.78, 5) is 23.4. The largest absolute Gasteiger partial charge is 0.467 e. The first-order chi connectivity index (χ1) is 8.70. The summed E-state index contributed by atoms with van der Waals surface area (Å²) in [6.45, 7) is 0. The smallest absolute Gasteiger partial charge is 0.328 e. The quantitative estimate of drug-likeness (QED) is 0.798. The number of carbonyl (C=O) groups excluding carboxylic acids is 2. The number of amides is 1. The zero-order chi connectivity index (χ0) is 13.0. The summed E-state index contributed by atoms with van der Waals surface area (Å²) in [7, 11) is 1.34. The number of methoxy groups -OCH3 is 1. The summed E-state index contributed by atoms with van der Waals surface area (Å²) < 4.78 is 4.73. The Hall–Kier alpha value is -1.84. The minimum atomic E-state index is -0.592. The van der Waals surface area contributed by atoms with Crippen molar-refractivity contribution in [2.45, 2.75) is 25.3 Å². The van der Waals surface area contributed by atoms with Crippen LogP contribution in [0, 0.1) is 5.92 Å². The van der Waals surface area contributed by atoms with Crippen LogP contribution < -0.4 is 5.32 Å². The second-order valence-electron chi connectivity index (χ2n) is 4.55. The molecule has 0 bridgehead atoms. The number of esters is 1. The molecule has 1 aromatic carbocycles. The van der Waals surface area contributed by atoms with E-state index in [1.807, 2.05) is 30.3 Å². The predicted octanol–water partition coefficient (Wildman–Crippen LogP) is 1.30. The highest BCUT2D eigenvalue weighted by atomic mass is 16.5. The Morgan fingerprint density at radius 3 is 2.56 bits per heavy atom. The summed E-state index contributed by atoms with van der Waals surface area (Å²) in [6, 6.07) is 9.00. The van der Waals surface area contributed by atoms with Gasteiger partial charge >= 0.3 is 5.97 Å². The van der Waals surface area contributed by atoms with Gasteiger partial charge in [0.25, 0.3) is 0 Å². The zero-order valence-electron chi connectivity index (χ0n) is 10.4. The van der Waals surface area contributed by atoms with Crippen LogP contribution in [-0.2, 0) is 20.7 Å². The minimum Gasteiger partial charge on any atom is -0.467 e. The van der Waals surface area contributed by atoms with Crippen molar-refractivity contribution >= 4 is 11.9 Å². The van der Waals surface area contributed by atoms with Crippen molar-refractivity contribution in [1.29, 1.82) is 0 Å². The maximum absolute atomic E-state index is 11.7. The number of rotatable bonds is 5. The highest BCUT2D eigenvalue weighted by Crippen LogP contribution is 2.29. The third-order valence-electron chi connectivity index (χ3n) is 3.03. The molecule has 1 unspecified atom stereocenters. The van der Waals surface area contributed by atoms with Gasteiger partial charge in [0.05, 0.1) is 7.11 Å². The molecular formula is C14H17NO3. The number of nitrogens with one attached hydrogen (secondary N) is 1. The Balaban J connectivity index is 2.00. The van der Waals surface area contributed by atoms with Gasteiger partial charge in [-0.3, -0.25) is 4.79 Å². The van der Waals surface area contributed by atoms with Gasteiger partial charge in [0.15, 0.2) is 0 Å². The van der Waals surface area contributed by atoms with Crippen LogP contribution in [0.1, 0.15) is 18.4 Å². The average Bonchev–Trinajstić information content (AvgIpc) is 3.22. The van der Waals surface area contributed by atoms with Gasteiger partial charge in [0.2, 0.25) is 5.91 Å². The molecular weight excluding hydrogens is 230 g/mol. The molecule has 2 rings (SSSR count). The standard InChI is InChI=1S/C14H17NO3/c1-18-14(17)12(15-13(16)11-7-8-11)9-10-5-3-2-4-6-10/h2-6,11-12H,7-9H2,1H3,(H,15,16). The fourth-order valence-electron chi connectivity index (χ4n) is 1.82. The van der Waals surface area contributed by atoms with Crippen LogP contribution in [0.15, 0.2) is 30.3 Å². The van der Waals surface area contributed by atoms with E-state index >= 15 is 0 Å². The topological polar surface area (TPSA) is 55.4 Å². The molecule has 1 saturated carbocycles. The van der Waals surface area contributed by atoms with Gasteiger partial charge in [-0.15, -0.1) is 0 Å². The summed E-state index contributed by atoms with van der Waals surface area (Å²) in [5.41, 5.74) is 1.00. The van der Waals surface area contributed by atoms with Crippen LogP contribution in [0.3, 0.4) is 0 Å². The van der Waals surface area contributed by atoms with Crippen molar-refractivity contribution in [1.82, 2.24) is 5.32 Å². The Kier molecular flexibility index (Phi) is 3.97. The summed E-state index contributed by atoms with van der Waals surface area (Å²) in [5.74, 6) is -0.345. The Morgan fingerprint density at radius 1 is 1.33 bits per heavy atom.